The van der Waals surface area contributed by atoms with Gasteiger partial charge in [-0.3, -0.25) is 4.79 Å². The van der Waals surface area contributed by atoms with E-state index in [9.17, 15) is 9.59 Å². The first-order chi connectivity index (χ1) is 5.22. The zero-order valence-corrected chi connectivity index (χ0v) is 6.12. The molecule has 1 aliphatic rings. The Kier molecular flexibility index (Phi) is 2.30. The Hall–Kier alpha value is -1.26. The maximum atomic E-state index is 10.6. The molecule has 1 fully saturated rings. The third-order valence-corrected chi connectivity index (χ3v) is 1.37. The minimum Gasteiger partial charge on any atom is -0.469 e. The van der Waals surface area contributed by atoms with Gasteiger partial charge < -0.3 is 14.8 Å². The molecule has 5 heteroatoms. The van der Waals surface area contributed by atoms with Crippen molar-refractivity contribution in [3.8, 4) is 0 Å². The summed E-state index contributed by atoms with van der Waals surface area (Å²) >= 11 is 0. The van der Waals surface area contributed by atoms with E-state index in [2.05, 4.69) is 14.8 Å². The molecular weight excluding hydrogens is 150 g/mol. The maximum absolute atomic E-state index is 10.6. The number of carbonyl (C=O) groups excluding carboxylic acids is 2. The molecule has 1 amide bonds. The molecule has 11 heavy (non-hydrogen) atoms. The van der Waals surface area contributed by atoms with Crippen LogP contribution in [0.3, 0.4) is 0 Å². The highest BCUT2D eigenvalue weighted by Crippen LogP contribution is 2.04. The topological polar surface area (TPSA) is 64.6 Å². The summed E-state index contributed by atoms with van der Waals surface area (Å²) in [5.74, 6) is -0.369. The van der Waals surface area contributed by atoms with E-state index in [1.807, 2.05) is 0 Å². The van der Waals surface area contributed by atoms with Crippen LogP contribution in [-0.2, 0) is 14.3 Å². The maximum Gasteiger partial charge on any atom is 0.407 e. The van der Waals surface area contributed by atoms with Gasteiger partial charge in [0.2, 0.25) is 0 Å². The second-order valence-corrected chi connectivity index (χ2v) is 2.19. The molecule has 0 spiro atoms. The van der Waals surface area contributed by atoms with Gasteiger partial charge in [0.05, 0.1) is 20.1 Å². The van der Waals surface area contributed by atoms with E-state index in [4.69, 9.17) is 0 Å². The first-order valence-corrected chi connectivity index (χ1v) is 3.23. The number of rotatable bonds is 2. The van der Waals surface area contributed by atoms with Crippen LogP contribution in [0.1, 0.15) is 6.42 Å². The van der Waals surface area contributed by atoms with E-state index in [1.165, 1.54) is 7.11 Å². The van der Waals surface area contributed by atoms with Gasteiger partial charge in [0.15, 0.2) is 0 Å². The van der Waals surface area contributed by atoms with Gasteiger partial charge in [-0.2, -0.15) is 0 Å². The van der Waals surface area contributed by atoms with E-state index < -0.39 is 6.09 Å². The zero-order chi connectivity index (χ0) is 8.27. The number of ether oxygens (including phenoxy) is 2. The molecule has 0 aromatic heterocycles. The Bertz CT molecular complexity index is 179. The average Bonchev–Trinajstić information content (AvgIpc) is 2.35. The van der Waals surface area contributed by atoms with Crippen LogP contribution >= 0.6 is 0 Å². The Balaban J connectivity index is 2.28. The van der Waals surface area contributed by atoms with E-state index in [0.717, 1.165) is 0 Å². The molecule has 5 nitrogen and oxygen atoms in total. The molecule has 0 radical (unpaired) electrons. The lowest BCUT2D eigenvalue weighted by Gasteiger charge is -2.04. The van der Waals surface area contributed by atoms with Crippen LogP contribution in [0, 0.1) is 0 Å². The first-order valence-electron chi connectivity index (χ1n) is 3.23. The lowest BCUT2D eigenvalue weighted by molar-refractivity contribution is -0.142. The van der Waals surface area contributed by atoms with Crippen molar-refractivity contribution in [2.45, 2.75) is 12.5 Å². The van der Waals surface area contributed by atoms with Crippen molar-refractivity contribution in [3.63, 3.8) is 0 Å². The molecule has 1 rings (SSSR count). The monoisotopic (exact) mass is 159 g/mol. The largest absolute Gasteiger partial charge is 0.469 e. The minimum absolute atomic E-state index is 0.120. The number of carbonyl (C=O) groups is 2. The van der Waals surface area contributed by atoms with Gasteiger partial charge in [0.25, 0.3) is 0 Å². The van der Waals surface area contributed by atoms with Crippen LogP contribution in [0.15, 0.2) is 0 Å². The summed E-state index contributed by atoms with van der Waals surface area (Å²) in [5.41, 5.74) is 0. The van der Waals surface area contributed by atoms with Crippen molar-refractivity contribution in [1.82, 2.24) is 5.32 Å². The molecule has 0 aliphatic carbocycles. The summed E-state index contributed by atoms with van der Waals surface area (Å²) in [5, 5.41) is 2.43. The van der Waals surface area contributed by atoms with Gasteiger partial charge in [-0.15, -0.1) is 0 Å². The molecule has 1 heterocycles. The molecule has 0 aromatic carbocycles. The summed E-state index contributed by atoms with van der Waals surface area (Å²) in [7, 11) is 1.30. The summed E-state index contributed by atoms with van der Waals surface area (Å²) in [6.07, 6.45) is -0.719. The van der Waals surface area contributed by atoms with Crippen LogP contribution in [0.5, 0.6) is 0 Å². The third kappa shape index (κ3) is 2.10. The Morgan fingerprint density at radius 3 is 3.09 bits per heavy atom. The van der Waals surface area contributed by atoms with Crippen molar-refractivity contribution in [2.24, 2.45) is 0 Å². The predicted octanol–water partition coefficient (Wildman–Crippen LogP) is -0.342. The molecule has 0 unspecified atom stereocenters. The number of esters is 1. The SMILES string of the molecule is COC(=O)C[C@@H]1CNC(=O)O1. The number of nitrogens with one attached hydrogen (secondary N) is 1. The molecule has 1 atom stereocenters. The zero-order valence-electron chi connectivity index (χ0n) is 6.12. The smallest absolute Gasteiger partial charge is 0.407 e. The lowest BCUT2D eigenvalue weighted by Crippen LogP contribution is -2.18. The highest BCUT2D eigenvalue weighted by Gasteiger charge is 2.24. The van der Waals surface area contributed by atoms with Crippen LogP contribution in [0.25, 0.3) is 0 Å². The summed E-state index contributed by atoms with van der Waals surface area (Å²) < 4.78 is 9.07. The third-order valence-electron chi connectivity index (χ3n) is 1.37. The van der Waals surface area contributed by atoms with Crippen molar-refractivity contribution in [1.29, 1.82) is 0 Å². The normalized spacial score (nSPS) is 22.3. The van der Waals surface area contributed by atoms with Gasteiger partial charge >= 0.3 is 12.1 Å². The predicted molar refractivity (Wildman–Crippen MR) is 34.9 cm³/mol. The fourth-order valence-electron chi connectivity index (χ4n) is 0.815. The highest BCUT2D eigenvalue weighted by molar-refractivity contribution is 5.73. The van der Waals surface area contributed by atoms with Crippen LogP contribution in [-0.4, -0.2) is 31.8 Å². The van der Waals surface area contributed by atoms with Crippen molar-refractivity contribution >= 4 is 12.1 Å². The standard InChI is InChI=1S/C6H9NO4/c1-10-5(8)2-4-3-7-6(9)11-4/h4H,2-3H2,1H3,(H,7,9)/t4-/m1/s1. The van der Waals surface area contributed by atoms with Gasteiger partial charge in [0, 0.05) is 0 Å². The summed E-state index contributed by atoms with van der Waals surface area (Å²) in [6.45, 7) is 0.383. The van der Waals surface area contributed by atoms with Crippen molar-refractivity contribution in [3.05, 3.63) is 0 Å². The van der Waals surface area contributed by atoms with E-state index in [0.29, 0.717) is 6.54 Å². The molecule has 1 N–H and O–H groups in total. The number of hydrogen-bond donors (Lipinski definition) is 1. The Labute approximate surface area is 63.7 Å². The lowest BCUT2D eigenvalue weighted by atomic mass is 10.2. The number of alkyl carbamates (subject to hydrolysis) is 1. The van der Waals surface area contributed by atoms with Gasteiger partial charge in [-0.05, 0) is 0 Å². The fraction of sp³-hybridized carbons (Fsp3) is 0.667. The van der Waals surface area contributed by atoms with Gasteiger partial charge in [-0.25, -0.2) is 4.79 Å². The molecule has 62 valence electrons. The molecule has 0 aromatic rings. The van der Waals surface area contributed by atoms with Crippen molar-refractivity contribution < 1.29 is 19.1 Å². The number of amides is 1. The average molecular weight is 159 g/mol. The number of hydrogen-bond acceptors (Lipinski definition) is 4. The first kappa shape index (κ1) is 7.84. The molecule has 0 bridgehead atoms. The second-order valence-electron chi connectivity index (χ2n) is 2.19. The van der Waals surface area contributed by atoms with Gasteiger partial charge in [0.1, 0.15) is 6.10 Å². The van der Waals surface area contributed by atoms with Gasteiger partial charge in [-0.1, -0.05) is 0 Å². The van der Waals surface area contributed by atoms with E-state index in [1.54, 1.807) is 0 Å². The molecule has 1 aliphatic heterocycles. The quantitative estimate of drug-likeness (QED) is 0.560. The molecule has 0 saturated carbocycles. The van der Waals surface area contributed by atoms with Crippen molar-refractivity contribution in [2.75, 3.05) is 13.7 Å². The van der Waals surface area contributed by atoms with E-state index in [-0.39, 0.29) is 18.5 Å². The van der Waals surface area contributed by atoms with Crippen LogP contribution in [0.4, 0.5) is 4.79 Å². The highest BCUT2D eigenvalue weighted by atomic mass is 16.6. The second kappa shape index (κ2) is 3.23. The number of cyclic esters (lactones) is 1. The molecular formula is C6H9NO4. The molecule has 1 saturated heterocycles. The summed E-state index contributed by atoms with van der Waals surface area (Å²) in [4.78, 5) is 21.1. The fourth-order valence-corrected chi connectivity index (χ4v) is 0.815. The number of methoxy groups -OCH3 is 1. The minimum atomic E-state index is -0.473. The summed E-state index contributed by atoms with van der Waals surface area (Å²) in [6, 6.07) is 0. The van der Waals surface area contributed by atoms with Crippen LogP contribution < -0.4 is 5.32 Å². The van der Waals surface area contributed by atoms with Crippen LogP contribution in [0.2, 0.25) is 0 Å². The Morgan fingerprint density at radius 2 is 2.64 bits per heavy atom. The van der Waals surface area contributed by atoms with E-state index >= 15 is 0 Å². The Morgan fingerprint density at radius 1 is 1.91 bits per heavy atom.